The maximum Gasteiger partial charge on any atom is 0.0949 e. The van der Waals surface area contributed by atoms with Gasteiger partial charge in [0, 0.05) is 18.7 Å². The minimum absolute atomic E-state index is 0.143. The van der Waals surface area contributed by atoms with Gasteiger partial charge in [-0.3, -0.25) is 0 Å². The van der Waals surface area contributed by atoms with Gasteiger partial charge in [0.05, 0.1) is 30.3 Å². The van der Waals surface area contributed by atoms with Crippen molar-refractivity contribution >= 4 is 0 Å². The molecule has 0 radical (unpaired) electrons. The van der Waals surface area contributed by atoms with Crippen molar-refractivity contribution < 1.29 is 4.74 Å². The molecule has 0 bridgehead atoms. The normalized spacial score (nSPS) is 18.0. The molecular weight excluding hydrogens is 286 g/mol. The zero-order valence-electron chi connectivity index (χ0n) is 12.9. The van der Waals surface area contributed by atoms with E-state index in [2.05, 4.69) is 46.8 Å². The maximum absolute atomic E-state index is 5.80. The van der Waals surface area contributed by atoms with Crippen molar-refractivity contribution in [3.05, 3.63) is 72.4 Å². The molecule has 3 aromatic rings. The first-order valence-corrected chi connectivity index (χ1v) is 7.94. The quantitative estimate of drug-likeness (QED) is 0.807. The maximum atomic E-state index is 5.80. The van der Waals surface area contributed by atoms with Crippen molar-refractivity contribution in [1.29, 1.82) is 0 Å². The number of rotatable bonds is 3. The van der Waals surface area contributed by atoms with E-state index >= 15 is 0 Å². The first-order chi connectivity index (χ1) is 11.4. The Balaban J connectivity index is 1.63. The molecule has 1 aromatic heterocycles. The lowest BCUT2D eigenvalue weighted by molar-refractivity contribution is 0.0277. The number of ether oxygens (including phenoxy) is 1. The lowest BCUT2D eigenvalue weighted by atomic mass is 10.1. The molecule has 0 aliphatic carbocycles. The van der Waals surface area contributed by atoms with E-state index in [-0.39, 0.29) is 6.10 Å². The summed E-state index contributed by atoms with van der Waals surface area (Å²) in [7, 11) is 0. The number of nitrogens with zero attached hydrogens (tertiary/aromatic N) is 2. The van der Waals surface area contributed by atoms with Crippen LogP contribution in [-0.4, -0.2) is 29.5 Å². The molecule has 1 unspecified atom stereocenters. The Morgan fingerprint density at radius 1 is 1.00 bits per heavy atom. The molecule has 116 valence electrons. The van der Waals surface area contributed by atoms with E-state index in [1.165, 1.54) is 5.56 Å². The number of nitrogens with one attached hydrogen (secondary N) is 1. The van der Waals surface area contributed by atoms with Crippen LogP contribution < -0.4 is 5.32 Å². The molecule has 1 N–H and O–H groups in total. The fourth-order valence-electron chi connectivity index (χ4n) is 2.95. The van der Waals surface area contributed by atoms with Crippen LogP contribution in [0, 0.1) is 0 Å². The Bertz CT molecular complexity index is 759. The molecule has 2 heterocycles. The van der Waals surface area contributed by atoms with Crippen LogP contribution in [0.1, 0.15) is 11.7 Å². The number of benzene rings is 2. The molecule has 1 saturated heterocycles. The van der Waals surface area contributed by atoms with Crippen LogP contribution in [0.2, 0.25) is 0 Å². The molecule has 0 saturated carbocycles. The second-order valence-electron chi connectivity index (χ2n) is 5.65. The summed E-state index contributed by atoms with van der Waals surface area (Å²) < 4.78 is 7.77. The molecular formula is C19H19N3O. The van der Waals surface area contributed by atoms with Gasteiger partial charge in [-0.05, 0) is 23.8 Å². The monoisotopic (exact) mass is 305 g/mol. The fourth-order valence-corrected chi connectivity index (χ4v) is 2.95. The van der Waals surface area contributed by atoms with Gasteiger partial charge in [0.1, 0.15) is 0 Å². The zero-order chi connectivity index (χ0) is 15.5. The number of aromatic nitrogens is 2. The third-order valence-electron chi connectivity index (χ3n) is 4.15. The van der Waals surface area contributed by atoms with Crippen LogP contribution in [0.3, 0.4) is 0 Å². The predicted octanol–water partition coefficient (Wildman–Crippen LogP) is 3.20. The van der Waals surface area contributed by atoms with E-state index in [4.69, 9.17) is 4.74 Å². The van der Waals surface area contributed by atoms with Gasteiger partial charge >= 0.3 is 0 Å². The molecule has 1 aliphatic rings. The van der Waals surface area contributed by atoms with Gasteiger partial charge in [-0.2, -0.15) is 5.10 Å². The van der Waals surface area contributed by atoms with Gasteiger partial charge in [-0.25, -0.2) is 4.68 Å². The largest absolute Gasteiger partial charge is 0.371 e. The highest BCUT2D eigenvalue weighted by atomic mass is 16.5. The molecule has 2 aromatic carbocycles. The third-order valence-corrected chi connectivity index (χ3v) is 4.15. The van der Waals surface area contributed by atoms with Crippen LogP contribution in [-0.2, 0) is 4.74 Å². The van der Waals surface area contributed by atoms with Gasteiger partial charge in [0.2, 0.25) is 0 Å². The van der Waals surface area contributed by atoms with E-state index in [1.54, 1.807) is 0 Å². The number of morpholine rings is 1. The second-order valence-corrected chi connectivity index (χ2v) is 5.65. The SMILES string of the molecule is c1ccc(-c2ccnn2-c2ccc(C3CNCCO3)cc2)cc1. The van der Waals surface area contributed by atoms with Crippen molar-refractivity contribution in [3.63, 3.8) is 0 Å². The topological polar surface area (TPSA) is 39.1 Å². The lowest BCUT2D eigenvalue weighted by Gasteiger charge is -2.24. The third kappa shape index (κ3) is 2.91. The molecule has 4 nitrogen and oxygen atoms in total. The second kappa shape index (κ2) is 6.36. The molecule has 1 atom stereocenters. The first-order valence-electron chi connectivity index (χ1n) is 7.94. The zero-order valence-corrected chi connectivity index (χ0v) is 12.9. The van der Waals surface area contributed by atoms with Crippen LogP contribution in [0.4, 0.5) is 0 Å². The highest BCUT2D eigenvalue weighted by molar-refractivity contribution is 5.61. The highest BCUT2D eigenvalue weighted by Crippen LogP contribution is 2.24. The van der Waals surface area contributed by atoms with Gasteiger partial charge in [0.15, 0.2) is 0 Å². The number of hydrogen-bond donors (Lipinski definition) is 1. The lowest BCUT2D eigenvalue weighted by Crippen LogP contribution is -2.33. The summed E-state index contributed by atoms with van der Waals surface area (Å²) in [5.41, 5.74) is 4.51. The highest BCUT2D eigenvalue weighted by Gasteiger charge is 2.15. The van der Waals surface area contributed by atoms with Crippen LogP contribution >= 0.6 is 0 Å². The molecule has 1 fully saturated rings. The van der Waals surface area contributed by atoms with E-state index in [9.17, 15) is 0 Å². The summed E-state index contributed by atoms with van der Waals surface area (Å²) in [5, 5.41) is 7.84. The first kappa shape index (κ1) is 14.2. The summed E-state index contributed by atoms with van der Waals surface area (Å²) in [5.74, 6) is 0. The van der Waals surface area contributed by atoms with Crippen LogP contribution in [0.5, 0.6) is 0 Å². The van der Waals surface area contributed by atoms with Gasteiger partial charge in [-0.15, -0.1) is 0 Å². The van der Waals surface area contributed by atoms with Crippen molar-refractivity contribution in [2.75, 3.05) is 19.7 Å². The van der Waals surface area contributed by atoms with E-state index in [1.807, 2.05) is 35.1 Å². The van der Waals surface area contributed by atoms with Gasteiger partial charge in [0.25, 0.3) is 0 Å². The summed E-state index contributed by atoms with van der Waals surface area (Å²) in [6.07, 6.45) is 1.98. The average molecular weight is 305 g/mol. The Hall–Kier alpha value is -2.43. The summed E-state index contributed by atoms with van der Waals surface area (Å²) in [4.78, 5) is 0. The average Bonchev–Trinajstić information content (AvgIpc) is 3.13. The van der Waals surface area contributed by atoms with Crippen molar-refractivity contribution in [3.8, 4) is 16.9 Å². The molecule has 0 spiro atoms. The van der Waals surface area contributed by atoms with Crippen molar-refractivity contribution in [2.24, 2.45) is 0 Å². The molecule has 4 rings (SSSR count). The van der Waals surface area contributed by atoms with E-state index < -0.39 is 0 Å². The Labute approximate surface area is 135 Å². The number of hydrogen-bond acceptors (Lipinski definition) is 3. The predicted molar refractivity (Wildman–Crippen MR) is 90.6 cm³/mol. The fraction of sp³-hybridized carbons (Fsp3) is 0.211. The summed E-state index contributed by atoms with van der Waals surface area (Å²) >= 11 is 0. The smallest absolute Gasteiger partial charge is 0.0949 e. The van der Waals surface area contributed by atoms with Gasteiger partial charge in [-0.1, -0.05) is 42.5 Å². The van der Waals surface area contributed by atoms with Crippen molar-refractivity contribution in [1.82, 2.24) is 15.1 Å². The van der Waals surface area contributed by atoms with Crippen LogP contribution in [0.25, 0.3) is 16.9 Å². The molecule has 0 amide bonds. The Morgan fingerprint density at radius 2 is 1.83 bits per heavy atom. The Morgan fingerprint density at radius 3 is 2.57 bits per heavy atom. The van der Waals surface area contributed by atoms with Crippen LogP contribution in [0.15, 0.2) is 66.9 Å². The standard InChI is InChI=1S/C19H19N3O/c1-2-4-15(5-3-1)18-10-11-21-22(18)17-8-6-16(7-9-17)19-14-20-12-13-23-19/h1-11,19-20H,12-14H2. The minimum atomic E-state index is 0.143. The Kier molecular flexibility index (Phi) is 3.92. The van der Waals surface area contributed by atoms with Crippen molar-refractivity contribution in [2.45, 2.75) is 6.10 Å². The molecule has 4 heteroatoms. The summed E-state index contributed by atoms with van der Waals surface area (Å²) in [6, 6.07) is 20.8. The van der Waals surface area contributed by atoms with Gasteiger partial charge < -0.3 is 10.1 Å². The van der Waals surface area contributed by atoms with E-state index in [0.29, 0.717) is 0 Å². The minimum Gasteiger partial charge on any atom is -0.371 e. The molecule has 1 aliphatic heterocycles. The summed E-state index contributed by atoms with van der Waals surface area (Å²) in [6.45, 7) is 2.57. The van der Waals surface area contributed by atoms with E-state index in [0.717, 1.165) is 36.6 Å². The molecule has 23 heavy (non-hydrogen) atoms.